The molecule has 0 saturated carbocycles. The summed E-state index contributed by atoms with van der Waals surface area (Å²) in [6.45, 7) is 3.41. The molecule has 0 heterocycles. The van der Waals surface area contributed by atoms with Crippen molar-refractivity contribution >= 4 is 21.8 Å². The van der Waals surface area contributed by atoms with Gasteiger partial charge in [-0.15, -0.1) is 0 Å². The molecule has 0 aromatic rings. The highest BCUT2D eigenvalue weighted by atomic mass is 32.2. The number of ether oxygens (including phenoxy) is 1. The number of hydrogen-bond acceptors (Lipinski definition) is 7. The van der Waals surface area contributed by atoms with E-state index in [0.717, 1.165) is 6.26 Å². The molecule has 0 bridgehead atoms. The summed E-state index contributed by atoms with van der Waals surface area (Å²) in [4.78, 5) is 11.3. The summed E-state index contributed by atoms with van der Waals surface area (Å²) in [7, 11) is -3.63. The zero-order valence-electron chi connectivity index (χ0n) is 10.5. The Hall–Kier alpha value is -1.62. The minimum atomic E-state index is -3.63. The lowest BCUT2D eigenvalue weighted by atomic mass is 10.0. The highest BCUT2D eigenvalue weighted by Gasteiger charge is 2.19. The molecule has 0 rings (SSSR count). The van der Waals surface area contributed by atoms with E-state index >= 15 is 0 Å². The minimum Gasteiger partial charge on any atom is -0.465 e. The van der Waals surface area contributed by atoms with Crippen LogP contribution in [0.25, 0.3) is 0 Å². The first-order valence-corrected chi connectivity index (χ1v) is 7.10. The Morgan fingerprint density at radius 2 is 2.11 bits per heavy atom. The Kier molecular flexibility index (Phi) is 6.97. The van der Waals surface area contributed by atoms with Gasteiger partial charge in [-0.2, -0.15) is 13.7 Å². The van der Waals surface area contributed by atoms with Crippen LogP contribution in [0.15, 0.2) is 5.16 Å². The van der Waals surface area contributed by atoms with Gasteiger partial charge >= 0.3 is 16.1 Å². The maximum atomic E-state index is 11.3. The van der Waals surface area contributed by atoms with Gasteiger partial charge in [0, 0.05) is 0 Å². The fraction of sp³-hybridized carbons (Fsp3) is 0.700. The van der Waals surface area contributed by atoms with Gasteiger partial charge in [0.25, 0.3) is 0 Å². The van der Waals surface area contributed by atoms with Crippen LogP contribution in [0.5, 0.6) is 0 Å². The third-order valence-electron chi connectivity index (χ3n) is 1.85. The molecule has 0 spiro atoms. The number of carbonyl (C=O) groups excluding carboxylic acids is 1. The molecule has 0 aliphatic rings. The van der Waals surface area contributed by atoms with E-state index in [1.54, 1.807) is 13.8 Å². The highest BCUT2D eigenvalue weighted by molar-refractivity contribution is 7.85. The molecule has 0 saturated heterocycles. The summed E-state index contributed by atoms with van der Waals surface area (Å²) >= 11 is 0. The predicted octanol–water partition coefficient (Wildman–Crippen LogP) is 0.822. The number of oxime groups is 1. The Labute approximate surface area is 106 Å². The number of rotatable bonds is 7. The zero-order chi connectivity index (χ0) is 14.2. The second kappa shape index (κ2) is 7.66. The lowest BCUT2D eigenvalue weighted by Gasteiger charge is -2.07. The van der Waals surface area contributed by atoms with Crippen molar-refractivity contribution in [3.8, 4) is 6.07 Å². The van der Waals surface area contributed by atoms with Crippen molar-refractivity contribution in [2.24, 2.45) is 11.1 Å². The van der Waals surface area contributed by atoms with Crippen molar-refractivity contribution in [1.29, 1.82) is 5.26 Å². The number of nitriles is 1. The number of esters is 1. The lowest BCUT2D eigenvalue weighted by Crippen LogP contribution is -2.17. The van der Waals surface area contributed by atoms with E-state index < -0.39 is 22.0 Å². The second-order valence-electron chi connectivity index (χ2n) is 3.58. The summed E-state index contributed by atoms with van der Waals surface area (Å²) < 4.78 is 30.3. The first-order valence-electron chi connectivity index (χ1n) is 5.28. The lowest BCUT2D eigenvalue weighted by molar-refractivity contribution is -0.146. The summed E-state index contributed by atoms with van der Waals surface area (Å²) in [6, 6.07) is 1.83. The van der Waals surface area contributed by atoms with Crippen LogP contribution in [0, 0.1) is 17.2 Å². The van der Waals surface area contributed by atoms with Gasteiger partial charge in [-0.1, -0.05) is 5.16 Å². The van der Waals surface area contributed by atoms with E-state index in [4.69, 9.17) is 10.00 Å². The molecule has 8 heteroatoms. The normalized spacial score (nSPS) is 13.6. The van der Waals surface area contributed by atoms with Crippen molar-refractivity contribution in [3.05, 3.63) is 0 Å². The van der Waals surface area contributed by atoms with Crippen LogP contribution >= 0.6 is 0 Å². The van der Waals surface area contributed by atoms with Crippen LogP contribution in [-0.2, 0) is 23.9 Å². The molecule has 18 heavy (non-hydrogen) atoms. The second-order valence-corrected chi connectivity index (χ2v) is 5.13. The van der Waals surface area contributed by atoms with Gasteiger partial charge in [-0.3, -0.25) is 9.08 Å². The third kappa shape index (κ3) is 7.62. The number of carbonyl (C=O) groups is 1. The Bertz CT molecular complexity index is 449. The molecule has 0 amide bonds. The molecule has 0 radical (unpaired) electrons. The maximum absolute atomic E-state index is 11.3. The molecular weight excluding hydrogens is 260 g/mol. The Balaban J connectivity index is 4.30. The Morgan fingerprint density at radius 3 is 2.56 bits per heavy atom. The fourth-order valence-corrected chi connectivity index (χ4v) is 1.27. The Morgan fingerprint density at radius 1 is 1.50 bits per heavy atom. The van der Waals surface area contributed by atoms with Crippen molar-refractivity contribution < 1.29 is 22.2 Å². The monoisotopic (exact) mass is 276 g/mol. The average Bonchev–Trinajstić information content (AvgIpc) is 2.26. The van der Waals surface area contributed by atoms with Crippen LogP contribution in [0.4, 0.5) is 0 Å². The molecule has 102 valence electrons. The van der Waals surface area contributed by atoms with E-state index in [-0.39, 0.29) is 19.4 Å². The zero-order valence-corrected chi connectivity index (χ0v) is 11.4. The molecule has 1 atom stereocenters. The summed E-state index contributed by atoms with van der Waals surface area (Å²) in [5.41, 5.74) is 0.380. The molecule has 0 aliphatic heterocycles. The van der Waals surface area contributed by atoms with E-state index in [1.807, 2.05) is 6.07 Å². The van der Waals surface area contributed by atoms with E-state index in [0.29, 0.717) is 5.71 Å². The first kappa shape index (κ1) is 16.4. The number of hydrogen-bond donors (Lipinski definition) is 0. The van der Waals surface area contributed by atoms with Crippen molar-refractivity contribution in [2.45, 2.75) is 26.7 Å². The van der Waals surface area contributed by atoms with Gasteiger partial charge in [0.05, 0.1) is 24.6 Å². The van der Waals surface area contributed by atoms with Gasteiger partial charge in [0.2, 0.25) is 0 Å². The highest BCUT2D eigenvalue weighted by Crippen LogP contribution is 2.09. The van der Waals surface area contributed by atoms with E-state index in [9.17, 15) is 13.2 Å². The SMILES string of the molecule is CCOC(=O)C(C#N)CC/C(C)=N/OS(C)(=O)=O. The van der Waals surface area contributed by atoms with E-state index in [2.05, 4.69) is 9.44 Å². The topological polar surface area (TPSA) is 106 Å². The van der Waals surface area contributed by atoms with Crippen molar-refractivity contribution in [2.75, 3.05) is 12.9 Å². The van der Waals surface area contributed by atoms with Gasteiger partial charge < -0.3 is 4.74 Å². The summed E-state index contributed by atoms with van der Waals surface area (Å²) in [5.74, 6) is -1.47. The van der Waals surface area contributed by atoms with Crippen LogP contribution in [0.1, 0.15) is 26.7 Å². The third-order valence-corrected chi connectivity index (χ3v) is 2.20. The van der Waals surface area contributed by atoms with Crippen molar-refractivity contribution in [3.63, 3.8) is 0 Å². The predicted molar refractivity (Wildman–Crippen MR) is 64.0 cm³/mol. The van der Waals surface area contributed by atoms with E-state index in [1.165, 1.54) is 0 Å². The van der Waals surface area contributed by atoms with Gasteiger partial charge in [0.15, 0.2) is 0 Å². The standard InChI is InChI=1S/C10H16N2O5S/c1-4-16-10(13)9(7-11)6-5-8(2)12-17-18(3,14)15/h9H,4-6H2,1-3H3/b12-8+. The molecule has 1 unspecified atom stereocenters. The van der Waals surface area contributed by atoms with Gasteiger partial charge in [0.1, 0.15) is 5.92 Å². The molecule has 0 aliphatic carbocycles. The first-order chi connectivity index (χ1) is 8.30. The van der Waals surface area contributed by atoms with Crippen LogP contribution < -0.4 is 0 Å². The fourth-order valence-electron chi connectivity index (χ4n) is 1.01. The van der Waals surface area contributed by atoms with Crippen LogP contribution in [0.2, 0.25) is 0 Å². The molecular formula is C10H16N2O5S. The summed E-state index contributed by atoms with van der Waals surface area (Å²) in [6.07, 6.45) is 1.35. The molecule has 0 aromatic heterocycles. The average molecular weight is 276 g/mol. The maximum Gasteiger partial charge on any atom is 0.325 e. The number of nitrogens with zero attached hydrogens (tertiary/aromatic N) is 2. The molecule has 7 nitrogen and oxygen atoms in total. The van der Waals surface area contributed by atoms with Gasteiger partial charge in [-0.05, 0) is 26.7 Å². The minimum absolute atomic E-state index is 0.206. The molecule has 0 fully saturated rings. The van der Waals surface area contributed by atoms with Gasteiger partial charge in [-0.25, -0.2) is 0 Å². The molecule has 0 aromatic carbocycles. The van der Waals surface area contributed by atoms with Crippen LogP contribution in [0.3, 0.4) is 0 Å². The smallest absolute Gasteiger partial charge is 0.325 e. The van der Waals surface area contributed by atoms with Crippen molar-refractivity contribution in [1.82, 2.24) is 0 Å². The summed E-state index contributed by atoms with van der Waals surface area (Å²) in [5, 5.41) is 12.2. The molecule has 0 N–H and O–H groups in total. The quantitative estimate of drug-likeness (QED) is 0.387. The van der Waals surface area contributed by atoms with Crippen LogP contribution in [-0.4, -0.2) is 33.0 Å². The largest absolute Gasteiger partial charge is 0.465 e.